The number of hydrogen-bond acceptors (Lipinski definition) is 6. The Morgan fingerprint density at radius 2 is 1.85 bits per heavy atom. The summed E-state index contributed by atoms with van der Waals surface area (Å²) in [6.45, 7) is 0.235. The van der Waals surface area contributed by atoms with Gasteiger partial charge >= 0.3 is 0 Å². The lowest BCUT2D eigenvalue weighted by molar-refractivity contribution is -0.385. The number of ether oxygens (including phenoxy) is 2. The third-order valence-corrected chi connectivity index (χ3v) is 5.08. The summed E-state index contributed by atoms with van der Waals surface area (Å²) in [5, 5.41) is 12.2. The third kappa shape index (κ3) is 4.88. The minimum absolute atomic E-state index is 0.0410. The van der Waals surface area contributed by atoms with E-state index in [2.05, 4.69) is 4.98 Å². The normalized spacial score (nSPS) is 10.9. The number of carbonyl (C=O) groups is 1. The zero-order valence-electron chi connectivity index (χ0n) is 17.8. The molecule has 0 N–H and O–H groups in total. The summed E-state index contributed by atoms with van der Waals surface area (Å²) in [7, 11) is 1.58. The number of benzene rings is 3. The highest BCUT2D eigenvalue weighted by molar-refractivity contribution is 6.09. The number of pyridine rings is 1. The number of ketones is 1. The lowest BCUT2D eigenvalue weighted by atomic mass is 10.1. The molecule has 0 unspecified atom stereocenters. The smallest absolute Gasteiger partial charge is 0.280 e. The standard InChI is InChI=1S/C26H20N2O5/c1-32-24-14-12-18(11-13-23(29)21-8-2-3-9-22(21)28(30)31)16-20(24)17-33-25-10-4-6-19-7-5-15-27-26(19)25/h2-16H,17H2,1H3/b13-11+. The van der Waals surface area contributed by atoms with Gasteiger partial charge in [0, 0.05) is 23.2 Å². The zero-order valence-corrected chi connectivity index (χ0v) is 17.8. The van der Waals surface area contributed by atoms with E-state index in [-0.39, 0.29) is 17.9 Å². The van der Waals surface area contributed by atoms with Crippen LogP contribution in [0.1, 0.15) is 21.5 Å². The Morgan fingerprint density at radius 3 is 2.67 bits per heavy atom. The number of nitro groups is 1. The molecule has 0 bridgehead atoms. The summed E-state index contributed by atoms with van der Waals surface area (Å²) in [4.78, 5) is 27.6. The predicted octanol–water partition coefficient (Wildman–Crippen LogP) is 5.63. The molecule has 0 aliphatic heterocycles. The maximum atomic E-state index is 12.5. The summed E-state index contributed by atoms with van der Waals surface area (Å²) >= 11 is 0. The Bertz CT molecular complexity index is 1360. The van der Waals surface area contributed by atoms with E-state index in [1.807, 2.05) is 36.4 Å². The average Bonchev–Trinajstić information content (AvgIpc) is 2.86. The first-order chi connectivity index (χ1) is 16.1. The van der Waals surface area contributed by atoms with E-state index in [0.717, 1.165) is 22.0 Å². The number of para-hydroxylation sites is 2. The Morgan fingerprint density at radius 1 is 1.03 bits per heavy atom. The van der Waals surface area contributed by atoms with Crippen molar-refractivity contribution in [2.75, 3.05) is 7.11 Å². The molecule has 0 spiro atoms. The molecule has 0 saturated carbocycles. The zero-order chi connectivity index (χ0) is 23.2. The van der Waals surface area contributed by atoms with Crippen molar-refractivity contribution >= 4 is 28.4 Å². The Balaban J connectivity index is 1.56. The first-order valence-corrected chi connectivity index (χ1v) is 10.2. The van der Waals surface area contributed by atoms with E-state index in [0.29, 0.717) is 11.5 Å². The van der Waals surface area contributed by atoms with Crippen molar-refractivity contribution in [2.45, 2.75) is 6.61 Å². The van der Waals surface area contributed by atoms with Crippen molar-refractivity contribution in [1.29, 1.82) is 0 Å². The molecule has 4 rings (SSSR count). The van der Waals surface area contributed by atoms with Crippen molar-refractivity contribution in [3.63, 3.8) is 0 Å². The SMILES string of the molecule is COc1ccc(/C=C/C(=O)c2ccccc2[N+](=O)[O-])cc1COc1cccc2cccnc12. The number of carbonyl (C=O) groups excluding carboxylic acids is 1. The third-order valence-electron chi connectivity index (χ3n) is 5.08. The largest absolute Gasteiger partial charge is 0.496 e. The highest BCUT2D eigenvalue weighted by Gasteiger charge is 2.17. The maximum Gasteiger partial charge on any atom is 0.280 e. The van der Waals surface area contributed by atoms with Crippen LogP contribution in [0.3, 0.4) is 0 Å². The summed E-state index contributed by atoms with van der Waals surface area (Å²) < 4.78 is 11.5. The van der Waals surface area contributed by atoms with Crippen molar-refractivity contribution in [3.8, 4) is 11.5 Å². The number of nitrogens with zero attached hydrogens (tertiary/aromatic N) is 2. The van der Waals surface area contributed by atoms with Crippen LogP contribution in [0.4, 0.5) is 5.69 Å². The lowest BCUT2D eigenvalue weighted by Gasteiger charge is -2.12. The van der Waals surface area contributed by atoms with Crippen LogP contribution in [0.5, 0.6) is 11.5 Å². The Kier molecular flexibility index (Phi) is 6.40. The number of fused-ring (bicyclic) bond motifs is 1. The first kappa shape index (κ1) is 21.7. The van der Waals surface area contributed by atoms with Gasteiger partial charge in [-0.25, -0.2) is 0 Å². The number of methoxy groups -OCH3 is 1. The van der Waals surface area contributed by atoms with Gasteiger partial charge in [-0.05, 0) is 42.0 Å². The summed E-state index contributed by atoms with van der Waals surface area (Å²) in [6, 6.07) is 20.9. The van der Waals surface area contributed by atoms with E-state index in [1.165, 1.54) is 24.3 Å². The summed E-state index contributed by atoms with van der Waals surface area (Å²) in [5.41, 5.74) is 2.10. The molecule has 0 aliphatic carbocycles. The topological polar surface area (TPSA) is 91.6 Å². The summed E-state index contributed by atoms with van der Waals surface area (Å²) in [6.07, 6.45) is 4.65. The van der Waals surface area contributed by atoms with Crippen LogP contribution in [0.25, 0.3) is 17.0 Å². The molecule has 0 atom stereocenters. The minimum Gasteiger partial charge on any atom is -0.496 e. The quantitative estimate of drug-likeness (QED) is 0.153. The average molecular weight is 440 g/mol. The van der Waals surface area contributed by atoms with Gasteiger partial charge in [0.1, 0.15) is 23.6 Å². The molecule has 4 aromatic rings. The molecule has 164 valence electrons. The fourth-order valence-electron chi connectivity index (χ4n) is 3.47. The van der Waals surface area contributed by atoms with Crippen LogP contribution in [0.2, 0.25) is 0 Å². The summed E-state index contributed by atoms with van der Waals surface area (Å²) in [5.74, 6) is 0.853. The lowest BCUT2D eigenvalue weighted by Crippen LogP contribution is -2.01. The first-order valence-electron chi connectivity index (χ1n) is 10.2. The molecule has 33 heavy (non-hydrogen) atoms. The van der Waals surface area contributed by atoms with Crippen LogP contribution in [-0.2, 0) is 6.61 Å². The van der Waals surface area contributed by atoms with E-state index in [9.17, 15) is 14.9 Å². The van der Waals surface area contributed by atoms with Gasteiger partial charge in [-0.2, -0.15) is 0 Å². The van der Waals surface area contributed by atoms with E-state index in [1.54, 1.807) is 37.6 Å². The molecular formula is C26H20N2O5. The van der Waals surface area contributed by atoms with Crippen LogP contribution in [0, 0.1) is 10.1 Å². The number of nitro benzene ring substituents is 1. The van der Waals surface area contributed by atoms with Gasteiger partial charge in [0.15, 0.2) is 5.78 Å². The molecule has 7 nitrogen and oxygen atoms in total. The highest BCUT2D eigenvalue weighted by atomic mass is 16.6. The minimum atomic E-state index is -0.563. The number of rotatable bonds is 8. The van der Waals surface area contributed by atoms with Crippen molar-refractivity contribution < 1.29 is 19.2 Å². The molecule has 1 heterocycles. The fourth-order valence-corrected chi connectivity index (χ4v) is 3.47. The van der Waals surface area contributed by atoms with Gasteiger partial charge in [-0.3, -0.25) is 19.9 Å². The number of allylic oxidation sites excluding steroid dienone is 1. The van der Waals surface area contributed by atoms with Crippen LogP contribution in [-0.4, -0.2) is 22.8 Å². The number of aromatic nitrogens is 1. The Hall–Kier alpha value is -4.52. The molecule has 3 aromatic carbocycles. The van der Waals surface area contributed by atoms with Crippen LogP contribution in [0.15, 0.2) is 85.1 Å². The van der Waals surface area contributed by atoms with Crippen molar-refractivity contribution in [2.24, 2.45) is 0 Å². The van der Waals surface area contributed by atoms with Crippen LogP contribution < -0.4 is 9.47 Å². The molecular weight excluding hydrogens is 420 g/mol. The van der Waals surface area contributed by atoms with Gasteiger partial charge in [0.2, 0.25) is 0 Å². The van der Waals surface area contributed by atoms with Gasteiger partial charge in [0.05, 0.1) is 17.6 Å². The molecule has 0 saturated heterocycles. The molecule has 0 radical (unpaired) electrons. The van der Waals surface area contributed by atoms with Gasteiger partial charge in [-0.15, -0.1) is 0 Å². The van der Waals surface area contributed by atoms with E-state index >= 15 is 0 Å². The van der Waals surface area contributed by atoms with E-state index in [4.69, 9.17) is 9.47 Å². The molecule has 0 aliphatic rings. The van der Waals surface area contributed by atoms with Crippen molar-refractivity contribution in [1.82, 2.24) is 4.98 Å². The molecule has 0 amide bonds. The van der Waals surface area contributed by atoms with E-state index < -0.39 is 10.7 Å². The second-order valence-electron chi connectivity index (χ2n) is 7.16. The van der Waals surface area contributed by atoms with Gasteiger partial charge in [-0.1, -0.05) is 42.5 Å². The number of hydrogen-bond donors (Lipinski definition) is 0. The predicted molar refractivity (Wildman–Crippen MR) is 126 cm³/mol. The molecule has 7 heteroatoms. The highest BCUT2D eigenvalue weighted by Crippen LogP contribution is 2.27. The van der Waals surface area contributed by atoms with Crippen LogP contribution >= 0.6 is 0 Å². The van der Waals surface area contributed by atoms with Gasteiger partial charge in [0.25, 0.3) is 5.69 Å². The second kappa shape index (κ2) is 9.74. The van der Waals surface area contributed by atoms with Crippen molar-refractivity contribution in [3.05, 3.63) is 112 Å². The molecule has 1 aromatic heterocycles. The Labute approximate surface area is 190 Å². The van der Waals surface area contributed by atoms with Gasteiger partial charge < -0.3 is 9.47 Å². The molecule has 0 fully saturated rings. The fraction of sp³-hybridized carbons (Fsp3) is 0.0769. The second-order valence-corrected chi connectivity index (χ2v) is 7.16. The maximum absolute atomic E-state index is 12.5. The monoisotopic (exact) mass is 440 g/mol.